The highest BCUT2D eigenvalue weighted by molar-refractivity contribution is 5.58. The summed E-state index contributed by atoms with van der Waals surface area (Å²) in [6.45, 7) is 5.54. The van der Waals surface area contributed by atoms with E-state index in [0.29, 0.717) is 0 Å². The minimum Gasteiger partial charge on any atom is -0.359 e. The summed E-state index contributed by atoms with van der Waals surface area (Å²) in [7, 11) is 0. The third kappa shape index (κ3) is 4.20. The SMILES string of the molecule is C.CCCC1CCN(Cc2cc(-c3ccccc3)no2)CC1. The molecule has 0 radical (unpaired) electrons. The number of hydrogen-bond acceptors (Lipinski definition) is 3. The van der Waals surface area contributed by atoms with Crippen molar-refractivity contribution >= 4 is 0 Å². The predicted octanol–water partition coefficient (Wildman–Crippen LogP) is 4.99. The van der Waals surface area contributed by atoms with Crippen molar-refractivity contribution in [2.24, 2.45) is 5.92 Å². The van der Waals surface area contributed by atoms with Crippen molar-refractivity contribution in [3.05, 3.63) is 42.2 Å². The fraction of sp³-hybridized carbons (Fsp3) is 0.526. The highest BCUT2D eigenvalue weighted by Gasteiger charge is 2.19. The Labute approximate surface area is 134 Å². The number of aromatic nitrogens is 1. The van der Waals surface area contributed by atoms with Crippen LogP contribution in [0.2, 0.25) is 0 Å². The van der Waals surface area contributed by atoms with Gasteiger partial charge in [-0.15, -0.1) is 0 Å². The number of piperidine rings is 1. The van der Waals surface area contributed by atoms with E-state index in [2.05, 4.69) is 35.2 Å². The molecule has 0 spiro atoms. The minimum absolute atomic E-state index is 0. The van der Waals surface area contributed by atoms with Gasteiger partial charge in [0.1, 0.15) is 5.69 Å². The van der Waals surface area contributed by atoms with E-state index in [1.54, 1.807) is 0 Å². The summed E-state index contributed by atoms with van der Waals surface area (Å²) in [6.07, 6.45) is 5.35. The molecule has 0 amide bonds. The van der Waals surface area contributed by atoms with Gasteiger partial charge in [0.05, 0.1) is 6.54 Å². The second-order valence-corrected chi connectivity index (χ2v) is 6.05. The lowest BCUT2D eigenvalue weighted by atomic mass is 9.92. The molecule has 120 valence electrons. The van der Waals surface area contributed by atoms with E-state index < -0.39 is 0 Å². The number of likely N-dealkylation sites (tertiary alicyclic amines) is 1. The van der Waals surface area contributed by atoms with Gasteiger partial charge in [-0.1, -0.05) is 62.7 Å². The van der Waals surface area contributed by atoms with Gasteiger partial charge >= 0.3 is 0 Å². The van der Waals surface area contributed by atoms with E-state index in [9.17, 15) is 0 Å². The van der Waals surface area contributed by atoms with Gasteiger partial charge in [0, 0.05) is 11.6 Å². The van der Waals surface area contributed by atoms with Crippen LogP contribution in [0.4, 0.5) is 0 Å². The van der Waals surface area contributed by atoms with Crippen molar-refractivity contribution in [3.8, 4) is 11.3 Å². The third-order valence-electron chi connectivity index (χ3n) is 4.41. The van der Waals surface area contributed by atoms with Crippen molar-refractivity contribution in [3.63, 3.8) is 0 Å². The molecular weight excluding hydrogens is 272 g/mol. The molecule has 22 heavy (non-hydrogen) atoms. The molecule has 0 unspecified atom stereocenters. The normalized spacial score (nSPS) is 16.4. The zero-order valence-electron chi connectivity index (χ0n) is 12.8. The smallest absolute Gasteiger partial charge is 0.151 e. The monoisotopic (exact) mass is 300 g/mol. The van der Waals surface area contributed by atoms with Crippen molar-refractivity contribution in [2.75, 3.05) is 13.1 Å². The molecule has 3 rings (SSSR count). The summed E-state index contributed by atoms with van der Waals surface area (Å²) in [6, 6.07) is 12.3. The lowest BCUT2D eigenvalue weighted by Crippen LogP contribution is -2.33. The van der Waals surface area contributed by atoms with E-state index in [1.165, 1.54) is 38.8 Å². The molecule has 0 atom stereocenters. The zero-order valence-corrected chi connectivity index (χ0v) is 12.8. The molecule has 1 aliphatic rings. The highest BCUT2D eigenvalue weighted by atomic mass is 16.5. The van der Waals surface area contributed by atoms with Crippen LogP contribution in [-0.2, 0) is 6.54 Å². The summed E-state index contributed by atoms with van der Waals surface area (Å²) in [5.74, 6) is 1.91. The highest BCUT2D eigenvalue weighted by Crippen LogP contribution is 2.24. The Morgan fingerprint density at radius 2 is 1.91 bits per heavy atom. The second kappa shape index (κ2) is 8.14. The fourth-order valence-electron chi connectivity index (χ4n) is 3.19. The molecule has 0 bridgehead atoms. The van der Waals surface area contributed by atoms with E-state index in [0.717, 1.165) is 29.5 Å². The van der Waals surface area contributed by atoms with Crippen molar-refractivity contribution in [1.82, 2.24) is 10.1 Å². The Morgan fingerprint density at radius 3 is 2.59 bits per heavy atom. The first-order valence-electron chi connectivity index (χ1n) is 8.08. The topological polar surface area (TPSA) is 29.3 Å². The lowest BCUT2D eigenvalue weighted by molar-refractivity contribution is 0.157. The van der Waals surface area contributed by atoms with Crippen LogP contribution in [-0.4, -0.2) is 23.1 Å². The Balaban J connectivity index is 0.00000176. The molecule has 1 aliphatic heterocycles. The standard InChI is InChI=1S/C18H24N2O.CH4/c1-2-6-15-9-11-20(12-10-15)14-17-13-18(19-21-17)16-7-4-3-5-8-16;/h3-5,7-8,13,15H,2,6,9-12,14H2,1H3;1H4. The predicted molar refractivity (Wildman–Crippen MR) is 91.6 cm³/mol. The first-order valence-corrected chi connectivity index (χ1v) is 8.08. The number of rotatable bonds is 5. The summed E-state index contributed by atoms with van der Waals surface area (Å²) in [4.78, 5) is 2.49. The van der Waals surface area contributed by atoms with Gasteiger partial charge in [0.15, 0.2) is 5.76 Å². The van der Waals surface area contributed by atoms with E-state index in [-0.39, 0.29) is 7.43 Å². The van der Waals surface area contributed by atoms with Crippen LogP contribution >= 0.6 is 0 Å². The minimum atomic E-state index is 0. The molecular formula is C19H28N2O. The number of benzene rings is 1. The second-order valence-electron chi connectivity index (χ2n) is 6.05. The van der Waals surface area contributed by atoms with Crippen molar-refractivity contribution in [1.29, 1.82) is 0 Å². The maximum absolute atomic E-state index is 5.50. The molecule has 3 heteroatoms. The maximum Gasteiger partial charge on any atom is 0.151 e. The zero-order chi connectivity index (χ0) is 14.5. The van der Waals surface area contributed by atoms with Crippen LogP contribution in [0.15, 0.2) is 40.9 Å². The molecule has 0 saturated carbocycles. The van der Waals surface area contributed by atoms with Gasteiger partial charge in [0.25, 0.3) is 0 Å². The van der Waals surface area contributed by atoms with Gasteiger partial charge in [-0.3, -0.25) is 4.90 Å². The molecule has 1 aromatic heterocycles. The Bertz CT molecular complexity index is 542. The van der Waals surface area contributed by atoms with Gasteiger partial charge in [-0.05, 0) is 31.8 Å². The summed E-state index contributed by atoms with van der Waals surface area (Å²) in [5.41, 5.74) is 2.06. The summed E-state index contributed by atoms with van der Waals surface area (Å²) < 4.78 is 5.50. The maximum atomic E-state index is 5.50. The van der Waals surface area contributed by atoms with Crippen LogP contribution in [0.25, 0.3) is 11.3 Å². The average molecular weight is 300 g/mol. The molecule has 1 fully saturated rings. The fourth-order valence-corrected chi connectivity index (χ4v) is 3.19. The van der Waals surface area contributed by atoms with Gasteiger partial charge in [-0.2, -0.15) is 0 Å². The van der Waals surface area contributed by atoms with Crippen LogP contribution in [0.3, 0.4) is 0 Å². The van der Waals surface area contributed by atoms with Gasteiger partial charge in [-0.25, -0.2) is 0 Å². The quantitative estimate of drug-likeness (QED) is 0.779. The third-order valence-corrected chi connectivity index (χ3v) is 4.41. The molecule has 2 heterocycles. The Morgan fingerprint density at radius 1 is 1.18 bits per heavy atom. The summed E-state index contributed by atoms with van der Waals surface area (Å²) >= 11 is 0. The molecule has 2 aromatic rings. The van der Waals surface area contributed by atoms with Gasteiger partial charge < -0.3 is 4.52 Å². The van der Waals surface area contributed by atoms with Crippen molar-refractivity contribution in [2.45, 2.75) is 46.6 Å². The molecule has 0 N–H and O–H groups in total. The largest absolute Gasteiger partial charge is 0.359 e. The Hall–Kier alpha value is -1.61. The van der Waals surface area contributed by atoms with Crippen LogP contribution < -0.4 is 0 Å². The summed E-state index contributed by atoms with van der Waals surface area (Å²) in [5, 5.41) is 4.19. The number of hydrogen-bond donors (Lipinski definition) is 0. The van der Waals surface area contributed by atoms with E-state index in [1.807, 2.05) is 18.2 Å². The Kier molecular flexibility index (Phi) is 6.20. The average Bonchev–Trinajstić information content (AvgIpc) is 2.99. The molecule has 3 nitrogen and oxygen atoms in total. The first-order chi connectivity index (χ1) is 10.3. The molecule has 1 aromatic carbocycles. The van der Waals surface area contributed by atoms with Crippen molar-refractivity contribution < 1.29 is 4.52 Å². The molecule has 0 aliphatic carbocycles. The van der Waals surface area contributed by atoms with Gasteiger partial charge in [0.2, 0.25) is 0 Å². The number of nitrogens with zero attached hydrogens (tertiary/aromatic N) is 2. The van der Waals surface area contributed by atoms with Crippen LogP contribution in [0.5, 0.6) is 0 Å². The lowest BCUT2D eigenvalue weighted by Gasteiger charge is -2.30. The van der Waals surface area contributed by atoms with Crippen LogP contribution in [0.1, 0.15) is 45.8 Å². The first kappa shape index (κ1) is 16.8. The van der Waals surface area contributed by atoms with E-state index >= 15 is 0 Å². The van der Waals surface area contributed by atoms with E-state index in [4.69, 9.17) is 4.52 Å². The van der Waals surface area contributed by atoms with Crippen LogP contribution in [0, 0.1) is 5.92 Å². The molecule has 1 saturated heterocycles.